The standard InChI is InChI=1S/C18H26N7O5PS/c1-21-11-13(20-18(27)16-10-14(25(28)29)12-22(16)2)9-15(21)17(26)19-5-8-30-31(32)23(3)6-7-24(31)4/h9-12H,5-8H2,1-4H3,(H,19,26)(H,20,27). The maximum absolute atomic E-state index is 12.6. The Labute approximate surface area is 190 Å². The van der Waals surface area contributed by atoms with E-state index in [9.17, 15) is 19.7 Å². The molecule has 2 aromatic rings. The van der Waals surface area contributed by atoms with E-state index in [0.29, 0.717) is 17.9 Å². The molecule has 174 valence electrons. The second-order valence-corrected chi connectivity index (χ2v) is 11.5. The lowest BCUT2D eigenvalue weighted by atomic mass is 10.3. The average molecular weight is 483 g/mol. The number of aryl methyl sites for hydroxylation is 2. The van der Waals surface area contributed by atoms with Gasteiger partial charge in [-0.25, -0.2) is 9.34 Å². The Bertz CT molecular complexity index is 1080. The van der Waals surface area contributed by atoms with Crippen molar-refractivity contribution < 1.29 is 19.0 Å². The molecule has 2 aromatic heterocycles. The van der Waals surface area contributed by atoms with Crippen LogP contribution in [0.3, 0.4) is 0 Å². The molecule has 2 N–H and O–H groups in total. The van der Waals surface area contributed by atoms with E-state index in [4.69, 9.17) is 16.3 Å². The average Bonchev–Trinajstić information content (AvgIpc) is 3.37. The van der Waals surface area contributed by atoms with Gasteiger partial charge in [0.2, 0.25) is 6.57 Å². The zero-order valence-corrected chi connectivity index (χ0v) is 20.0. The lowest BCUT2D eigenvalue weighted by Crippen LogP contribution is -2.29. The molecule has 1 fully saturated rings. The van der Waals surface area contributed by atoms with Gasteiger partial charge in [0.15, 0.2) is 0 Å². The Hall–Kier alpha value is -2.57. The first-order valence-electron chi connectivity index (χ1n) is 9.77. The molecule has 3 rings (SSSR count). The molecule has 1 saturated heterocycles. The van der Waals surface area contributed by atoms with E-state index in [1.807, 2.05) is 23.4 Å². The molecule has 1 aliphatic heterocycles. The van der Waals surface area contributed by atoms with Crippen molar-refractivity contribution in [2.24, 2.45) is 14.1 Å². The number of nitrogens with zero attached hydrogens (tertiary/aromatic N) is 5. The van der Waals surface area contributed by atoms with Crippen molar-refractivity contribution in [3.8, 4) is 0 Å². The zero-order chi connectivity index (χ0) is 23.6. The van der Waals surface area contributed by atoms with Gasteiger partial charge in [0.1, 0.15) is 11.4 Å². The van der Waals surface area contributed by atoms with E-state index in [-0.39, 0.29) is 23.9 Å². The summed E-state index contributed by atoms with van der Waals surface area (Å²) in [5.74, 6) is -0.841. The molecule has 2 amide bonds. The van der Waals surface area contributed by atoms with E-state index in [2.05, 4.69) is 10.6 Å². The molecule has 0 aromatic carbocycles. The minimum Gasteiger partial charge on any atom is -0.348 e. The number of amides is 2. The van der Waals surface area contributed by atoms with E-state index >= 15 is 0 Å². The van der Waals surface area contributed by atoms with Crippen LogP contribution in [0, 0.1) is 10.1 Å². The van der Waals surface area contributed by atoms with Gasteiger partial charge in [-0.05, 0) is 32.0 Å². The second-order valence-electron chi connectivity index (χ2n) is 7.47. The van der Waals surface area contributed by atoms with Crippen LogP contribution in [0.15, 0.2) is 24.5 Å². The van der Waals surface area contributed by atoms with Crippen molar-refractivity contribution in [1.29, 1.82) is 0 Å². The fourth-order valence-corrected chi connectivity index (χ4v) is 5.99. The molecule has 1 aliphatic rings. The third kappa shape index (κ3) is 4.92. The molecular formula is C18H26N7O5PS. The summed E-state index contributed by atoms with van der Waals surface area (Å²) >= 11 is 5.66. The minimum absolute atomic E-state index is 0.131. The summed E-state index contributed by atoms with van der Waals surface area (Å²) in [6.07, 6.45) is 2.85. The molecule has 0 bridgehead atoms. The number of carbonyl (C=O) groups is 2. The third-order valence-corrected chi connectivity index (χ3v) is 9.82. The van der Waals surface area contributed by atoms with Gasteiger partial charge in [0, 0.05) is 46.0 Å². The molecule has 0 spiro atoms. The van der Waals surface area contributed by atoms with E-state index in [0.717, 1.165) is 13.1 Å². The number of hydrogen-bond acceptors (Lipinski definition) is 6. The van der Waals surface area contributed by atoms with Crippen LogP contribution in [0.2, 0.25) is 0 Å². The highest BCUT2D eigenvalue weighted by atomic mass is 32.5. The highest BCUT2D eigenvalue weighted by Crippen LogP contribution is 2.55. The summed E-state index contributed by atoms with van der Waals surface area (Å²) in [7, 11) is 7.11. The Morgan fingerprint density at radius 2 is 1.69 bits per heavy atom. The predicted molar refractivity (Wildman–Crippen MR) is 123 cm³/mol. The first kappa shape index (κ1) is 24.1. The number of rotatable bonds is 8. The largest absolute Gasteiger partial charge is 0.348 e. The van der Waals surface area contributed by atoms with Crippen LogP contribution in [0.4, 0.5) is 11.4 Å². The minimum atomic E-state index is -2.19. The Balaban J connectivity index is 1.56. The molecule has 32 heavy (non-hydrogen) atoms. The van der Waals surface area contributed by atoms with Gasteiger partial charge < -0.3 is 24.3 Å². The first-order chi connectivity index (χ1) is 15.0. The van der Waals surface area contributed by atoms with Gasteiger partial charge in [0.05, 0.1) is 23.4 Å². The maximum atomic E-state index is 12.6. The number of aromatic nitrogens is 2. The fourth-order valence-electron chi connectivity index (χ4n) is 3.35. The number of nitrogens with one attached hydrogen (secondary N) is 2. The van der Waals surface area contributed by atoms with Gasteiger partial charge >= 0.3 is 0 Å². The SMILES string of the molecule is CN1CCN(C)P1(=S)OCCNC(=O)c1cc(NC(=O)c2cc([N+](=O)[O-])cn2C)cn1C. The summed E-state index contributed by atoms with van der Waals surface area (Å²) in [6, 6.07) is 2.73. The van der Waals surface area contributed by atoms with Crippen LogP contribution in [0.25, 0.3) is 0 Å². The van der Waals surface area contributed by atoms with Gasteiger partial charge in [-0.15, -0.1) is 0 Å². The van der Waals surface area contributed by atoms with E-state index in [1.54, 1.807) is 24.9 Å². The normalized spacial score (nSPS) is 16.2. The van der Waals surface area contributed by atoms with Gasteiger partial charge in [-0.2, -0.15) is 0 Å². The van der Waals surface area contributed by atoms with Gasteiger partial charge in [-0.3, -0.25) is 19.7 Å². The number of hydrogen-bond donors (Lipinski definition) is 2. The number of nitro groups is 1. The molecule has 0 atom stereocenters. The summed E-state index contributed by atoms with van der Waals surface area (Å²) in [6.45, 7) is 0.0991. The Morgan fingerprint density at radius 1 is 1.09 bits per heavy atom. The summed E-state index contributed by atoms with van der Waals surface area (Å²) in [4.78, 5) is 35.4. The van der Waals surface area contributed by atoms with Crippen LogP contribution in [-0.2, 0) is 30.4 Å². The molecular weight excluding hydrogens is 457 g/mol. The summed E-state index contributed by atoms with van der Waals surface area (Å²) in [5.41, 5.74) is 0.696. The smallest absolute Gasteiger partial charge is 0.287 e. The molecule has 0 saturated carbocycles. The monoisotopic (exact) mass is 483 g/mol. The van der Waals surface area contributed by atoms with Crippen molar-refractivity contribution in [2.75, 3.05) is 45.7 Å². The number of likely N-dealkylation sites (N-methyl/N-ethyl adjacent to an activating group) is 2. The highest BCUT2D eigenvalue weighted by Gasteiger charge is 2.34. The number of carbonyl (C=O) groups excluding carboxylic acids is 2. The van der Waals surface area contributed by atoms with Crippen molar-refractivity contribution in [1.82, 2.24) is 23.8 Å². The number of anilines is 1. The lowest BCUT2D eigenvalue weighted by Gasteiger charge is -2.28. The molecule has 14 heteroatoms. The first-order valence-corrected chi connectivity index (χ1v) is 12.4. The van der Waals surface area contributed by atoms with Crippen molar-refractivity contribution in [3.63, 3.8) is 0 Å². The van der Waals surface area contributed by atoms with Gasteiger partial charge in [-0.1, -0.05) is 0 Å². The lowest BCUT2D eigenvalue weighted by molar-refractivity contribution is -0.384. The molecule has 0 aliphatic carbocycles. The van der Waals surface area contributed by atoms with E-state index in [1.165, 1.54) is 22.9 Å². The van der Waals surface area contributed by atoms with Crippen LogP contribution >= 0.6 is 6.57 Å². The Kier molecular flexibility index (Phi) is 7.16. The Morgan fingerprint density at radius 3 is 2.28 bits per heavy atom. The van der Waals surface area contributed by atoms with Crippen LogP contribution < -0.4 is 10.6 Å². The topological polar surface area (TPSA) is 127 Å². The summed E-state index contributed by atoms with van der Waals surface area (Å²) < 4.78 is 13.0. The van der Waals surface area contributed by atoms with Crippen molar-refractivity contribution in [2.45, 2.75) is 0 Å². The highest BCUT2D eigenvalue weighted by molar-refractivity contribution is 8.10. The zero-order valence-electron chi connectivity index (χ0n) is 18.3. The maximum Gasteiger partial charge on any atom is 0.287 e. The second kappa shape index (κ2) is 9.51. The quantitative estimate of drug-likeness (QED) is 0.250. The fraction of sp³-hybridized carbons (Fsp3) is 0.444. The van der Waals surface area contributed by atoms with Crippen molar-refractivity contribution in [3.05, 3.63) is 46.0 Å². The van der Waals surface area contributed by atoms with E-state index < -0.39 is 17.4 Å². The van der Waals surface area contributed by atoms with Crippen LogP contribution in [0.1, 0.15) is 21.0 Å². The predicted octanol–water partition coefficient (Wildman–Crippen LogP) is 1.37. The third-order valence-electron chi connectivity index (χ3n) is 5.19. The van der Waals surface area contributed by atoms with Crippen LogP contribution in [-0.4, -0.2) is 75.5 Å². The van der Waals surface area contributed by atoms with Crippen molar-refractivity contribution >= 4 is 41.6 Å². The van der Waals surface area contributed by atoms with Crippen LogP contribution in [0.5, 0.6) is 0 Å². The molecule has 0 radical (unpaired) electrons. The molecule has 3 heterocycles. The summed E-state index contributed by atoms with van der Waals surface area (Å²) in [5, 5.41) is 16.3. The molecule has 12 nitrogen and oxygen atoms in total. The van der Waals surface area contributed by atoms with Gasteiger partial charge in [0.25, 0.3) is 17.5 Å². The molecule has 0 unspecified atom stereocenters.